The summed E-state index contributed by atoms with van der Waals surface area (Å²) in [4.78, 5) is 32.4. The number of aromatic nitrogens is 1. The van der Waals surface area contributed by atoms with Crippen LogP contribution < -0.4 is 5.32 Å². The zero-order valence-corrected chi connectivity index (χ0v) is 15.7. The summed E-state index contributed by atoms with van der Waals surface area (Å²) in [6, 6.07) is 4.71. The molecule has 0 aliphatic carbocycles. The smallest absolute Gasteiger partial charge is 0.325 e. The van der Waals surface area contributed by atoms with E-state index in [0.717, 1.165) is 28.5 Å². The maximum Gasteiger partial charge on any atom is 0.418 e. The van der Waals surface area contributed by atoms with E-state index in [9.17, 15) is 22.8 Å². The maximum atomic E-state index is 13.0. The molecule has 2 heterocycles. The Labute approximate surface area is 161 Å². The number of anilines is 1. The summed E-state index contributed by atoms with van der Waals surface area (Å²) >= 11 is 2.61. The Morgan fingerprint density at radius 2 is 2.04 bits per heavy atom. The van der Waals surface area contributed by atoms with E-state index in [1.54, 1.807) is 0 Å². The first-order valence-corrected chi connectivity index (χ1v) is 9.63. The molecule has 1 atom stereocenters. The average molecular weight is 413 g/mol. The van der Waals surface area contributed by atoms with E-state index in [-0.39, 0.29) is 12.1 Å². The van der Waals surface area contributed by atoms with Crippen LogP contribution in [0.5, 0.6) is 0 Å². The van der Waals surface area contributed by atoms with Gasteiger partial charge in [0, 0.05) is 23.9 Å². The molecule has 0 saturated heterocycles. The molecule has 142 valence electrons. The normalized spacial score (nSPS) is 17.1. The number of para-hydroxylation sites is 1. The van der Waals surface area contributed by atoms with Gasteiger partial charge < -0.3 is 5.32 Å². The third-order valence-electron chi connectivity index (χ3n) is 3.63. The highest BCUT2D eigenvalue weighted by Gasteiger charge is 2.35. The van der Waals surface area contributed by atoms with Crippen molar-refractivity contribution in [2.45, 2.75) is 31.2 Å². The maximum absolute atomic E-state index is 13.0. The number of alkyl halides is 3. The van der Waals surface area contributed by atoms with Crippen LogP contribution in [-0.4, -0.2) is 27.1 Å². The summed E-state index contributed by atoms with van der Waals surface area (Å²) in [6.45, 7) is 1.86. The number of carbonyl (C=O) groups excluding carboxylic acids is 2. The van der Waals surface area contributed by atoms with Gasteiger partial charge in [0.05, 0.1) is 21.3 Å². The van der Waals surface area contributed by atoms with Crippen LogP contribution in [0.4, 0.5) is 18.9 Å². The fourth-order valence-corrected chi connectivity index (χ4v) is 4.42. The topological polar surface area (TPSA) is 71.4 Å². The minimum Gasteiger partial charge on any atom is -0.325 e. The highest BCUT2D eigenvalue weighted by Crippen LogP contribution is 2.35. The number of hydrogen-bond donors (Lipinski definition) is 1. The van der Waals surface area contributed by atoms with E-state index < -0.39 is 28.8 Å². The number of aryl methyl sites for hydroxylation is 1. The van der Waals surface area contributed by atoms with Gasteiger partial charge in [-0.25, -0.2) is 9.98 Å². The van der Waals surface area contributed by atoms with E-state index in [4.69, 9.17) is 0 Å². The molecule has 1 aliphatic heterocycles. The highest BCUT2D eigenvalue weighted by molar-refractivity contribution is 8.15. The fraction of sp³-hybridized carbons (Fsp3) is 0.294. The number of hydrogen-bond acceptors (Lipinski definition) is 5. The quantitative estimate of drug-likeness (QED) is 0.802. The van der Waals surface area contributed by atoms with Crippen LogP contribution in [0.2, 0.25) is 0 Å². The lowest BCUT2D eigenvalue weighted by Gasteiger charge is -2.14. The van der Waals surface area contributed by atoms with Gasteiger partial charge in [0.15, 0.2) is 0 Å². The van der Waals surface area contributed by atoms with Gasteiger partial charge in [0.1, 0.15) is 5.25 Å². The van der Waals surface area contributed by atoms with E-state index in [0.29, 0.717) is 11.5 Å². The standard InChI is InChI=1S/C17H14F3N3O2S2/c1-9-8-26-14(21-9)7-15-23-16(25)12(27-15)6-13(24)22-11-5-3-2-4-10(11)17(18,19)20/h2-5,8,12H,6-7H2,1H3,(H,22,24)/t12-/m1/s1. The molecule has 2 amide bonds. The minimum atomic E-state index is -4.58. The van der Waals surface area contributed by atoms with Crippen molar-refractivity contribution in [3.8, 4) is 0 Å². The van der Waals surface area contributed by atoms with Gasteiger partial charge >= 0.3 is 6.18 Å². The van der Waals surface area contributed by atoms with Crippen molar-refractivity contribution in [1.82, 2.24) is 4.98 Å². The molecule has 1 aromatic carbocycles. The van der Waals surface area contributed by atoms with E-state index in [1.165, 1.54) is 29.5 Å². The molecule has 0 fully saturated rings. The second kappa shape index (κ2) is 7.81. The molecule has 0 spiro atoms. The number of nitrogens with zero attached hydrogens (tertiary/aromatic N) is 2. The van der Waals surface area contributed by atoms with Gasteiger partial charge in [-0.1, -0.05) is 23.9 Å². The van der Waals surface area contributed by atoms with Crippen LogP contribution in [0.1, 0.15) is 22.7 Å². The van der Waals surface area contributed by atoms with Gasteiger partial charge in [-0.3, -0.25) is 9.59 Å². The van der Waals surface area contributed by atoms with Crippen molar-refractivity contribution in [1.29, 1.82) is 0 Å². The number of thioether (sulfide) groups is 1. The summed E-state index contributed by atoms with van der Waals surface area (Å²) < 4.78 is 39.0. The molecule has 1 aromatic heterocycles. The highest BCUT2D eigenvalue weighted by atomic mass is 32.2. The van der Waals surface area contributed by atoms with Crippen LogP contribution in [0.15, 0.2) is 34.6 Å². The number of rotatable bonds is 5. The predicted octanol–water partition coefficient (Wildman–Crippen LogP) is 4.08. The SMILES string of the molecule is Cc1csc(CC2=NC(=O)[C@@H](CC(=O)Nc3ccccc3C(F)(F)F)S2)n1. The number of nitrogens with one attached hydrogen (secondary N) is 1. The molecule has 2 aromatic rings. The third kappa shape index (κ3) is 4.95. The molecule has 27 heavy (non-hydrogen) atoms. The average Bonchev–Trinajstić information content (AvgIpc) is 3.13. The van der Waals surface area contributed by atoms with Crippen LogP contribution in [0.25, 0.3) is 0 Å². The number of thiazole rings is 1. The molecule has 0 saturated carbocycles. The lowest BCUT2D eigenvalue weighted by molar-refractivity contribution is -0.137. The number of aliphatic imine (C=N–C) groups is 1. The molecular weight excluding hydrogens is 399 g/mol. The van der Waals surface area contributed by atoms with E-state index in [2.05, 4.69) is 15.3 Å². The Bertz CT molecular complexity index is 909. The second-order valence-corrected chi connectivity index (χ2v) is 8.02. The van der Waals surface area contributed by atoms with Crippen LogP contribution in [0, 0.1) is 6.92 Å². The first-order valence-electron chi connectivity index (χ1n) is 7.87. The molecule has 1 N–H and O–H groups in total. The summed E-state index contributed by atoms with van der Waals surface area (Å²) in [5.74, 6) is -1.12. The first-order chi connectivity index (χ1) is 12.7. The van der Waals surface area contributed by atoms with Crippen molar-refractivity contribution < 1.29 is 22.8 Å². The van der Waals surface area contributed by atoms with Gasteiger partial charge in [-0.15, -0.1) is 11.3 Å². The van der Waals surface area contributed by atoms with Crippen LogP contribution in [0.3, 0.4) is 0 Å². The molecule has 10 heteroatoms. The summed E-state index contributed by atoms with van der Waals surface area (Å²) in [7, 11) is 0. The Balaban J connectivity index is 1.60. The van der Waals surface area contributed by atoms with Gasteiger partial charge in [-0.2, -0.15) is 13.2 Å². The summed E-state index contributed by atoms with van der Waals surface area (Å²) in [5.41, 5.74) is -0.381. The number of carbonyl (C=O) groups is 2. The number of amides is 2. The lowest BCUT2D eigenvalue weighted by Crippen LogP contribution is -2.23. The van der Waals surface area contributed by atoms with Gasteiger partial charge in [0.2, 0.25) is 5.91 Å². The zero-order valence-electron chi connectivity index (χ0n) is 14.0. The first kappa shape index (κ1) is 19.6. The van der Waals surface area contributed by atoms with Gasteiger partial charge in [-0.05, 0) is 19.1 Å². The molecule has 0 unspecified atom stereocenters. The Morgan fingerprint density at radius 3 is 2.70 bits per heavy atom. The summed E-state index contributed by atoms with van der Waals surface area (Å²) in [5, 5.41) is 4.77. The van der Waals surface area contributed by atoms with Crippen molar-refractivity contribution in [2.75, 3.05) is 5.32 Å². The van der Waals surface area contributed by atoms with Gasteiger partial charge in [0.25, 0.3) is 5.91 Å². The fourth-order valence-electron chi connectivity index (χ4n) is 2.47. The third-order valence-corrected chi connectivity index (χ3v) is 5.76. The largest absolute Gasteiger partial charge is 0.418 e. The van der Waals surface area contributed by atoms with Crippen molar-refractivity contribution in [3.05, 3.63) is 45.9 Å². The zero-order chi connectivity index (χ0) is 19.6. The molecule has 0 radical (unpaired) electrons. The van der Waals surface area contributed by atoms with Crippen molar-refractivity contribution in [2.24, 2.45) is 4.99 Å². The molecule has 0 bridgehead atoms. The van der Waals surface area contributed by atoms with Crippen LogP contribution >= 0.6 is 23.1 Å². The molecule has 1 aliphatic rings. The number of benzene rings is 1. The number of halogens is 3. The molecular formula is C17H14F3N3O2S2. The lowest BCUT2D eigenvalue weighted by atomic mass is 10.1. The van der Waals surface area contributed by atoms with E-state index >= 15 is 0 Å². The van der Waals surface area contributed by atoms with E-state index in [1.807, 2.05) is 12.3 Å². The Hall–Kier alpha value is -2.20. The summed E-state index contributed by atoms with van der Waals surface area (Å²) in [6.07, 6.45) is -4.42. The monoisotopic (exact) mass is 413 g/mol. The Morgan fingerprint density at radius 1 is 1.30 bits per heavy atom. The molecule has 5 nitrogen and oxygen atoms in total. The Kier molecular flexibility index (Phi) is 5.66. The second-order valence-electron chi connectivity index (χ2n) is 5.81. The molecule has 3 rings (SSSR count). The minimum absolute atomic E-state index is 0.250. The predicted molar refractivity (Wildman–Crippen MR) is 99.1 cm³/mol. The van der Waals surface area contributed by atoms with Crippen molar-refractivity contribution in [3.63, 3.8) is 0 Å². The van der Waals surface area contributed by atoms with Crippen LogP contribution in [-0.2, 0) is 22.2 Å². The van der Waals surface area contributed by atoms with Crippen molar-refractivity contribution >= 4 is 45.6 Å².